The summed E-state index contributed by atoms with van der Waals surface area (Å²) in [6.45, 7) is 3.56. The molecule has 0 aromatic heterocycles. The highest BCUT2D eigenvalue weighted by Gasteiger charge is 2.11. The minimum absolute atomic E-state index is 0. The zero-order valence-corrected chi connectivity index (χ0v) is 11.6. The minimum Gasteiger partial charge on any atom is -0.480 e. The quantitative estimate of drug-likeness (QED) is 0.695. The molecule has 110 valence electrons. The Labute approximate surface area is 123 Å². The Kier molecular flexibility index (Phi) is 8.03. The van der Waals surface area contributed by atoms with Crippen LogP contribution in [-0.2, 0) is 16.0 Å². The molecule has 20 heavy (non-hydrogen) atoms. The summed E-state index contributed by atoms with van der Waals surface area (Å²) in [5.41, 5.74) is 6.76. The predicted molar refractivity (Wildman–Crippen MR) is 78.2 cm³/mol. The number of rotatable bonds is 6. The Balaban J connectivity index is 0.00000361. The van der Waals surface area contributed by atoms with Crippen molar-refractivity contribution >= 4 is 30.2 Å². The summed E-state index contributed by atoms with van der Waals surface area (Å²) in [6.07, 6.45) is 1.13. The first-order valence-electron chi connectivity index (χ1n) is 5.65. The van der Waals surface area contributed by atoms with E-state index in [9.17, 15) is 9.59 Å². The minimum atomic E-state index is -1.05. The van der Waals surface area contributed by atoms with Gasteiger partial charge in [-0.15, -0.1) is 12.4 Å². The number of benzene rings is 1. The van der Waals surface area contributed by atoms with Crippen molar-refractivity contribution in [2.75, 3.05) is 11.9 Å². The van der Waals surface area contributed by atoms with Crippen LogP contribution in [0.25, 0.3) is 0 Å². The summed E-state index contributed by atoms with van der Waals surface area (Å²) in [7, 11) is 0. The summed E-state index contributed by atoms with van der Waals surface area (Å²) in [5, 5.41) is 11.2. The molecule has 0 aliphatic heterocycles. The zero-order chi connectivity index (χ0) is 14.3. The number of nitrogens with two attached hydrogens (primary N) is 1. The molecule has 1 aromatic rings. The van der Waals surface area contributed by atoms with Crippen LogP contribution in [-0.4, -0.2) is 29.8 Å². The van der Waals surface area contributed by atoms with Gasteiger partial charge in [-0.2, -0.15) is 0 Å². The third-order valence-corrected chi connectivity index (χ3v) is 2.31. The largest absolute Gasteiger partial charge is 0.480 e. The second-order valence-corrected chi connectivity index (χ2v) is 3.86. The fraction of sp³-hybridized carbons (Fsp3) is 0.231. The van der Waals surface area contributed by atoms with Gasteiger partial charge in [0.05, 0.1) is 0 Å². The molecule has 7 heteroatoms. The van der Waals surface area contributed by atoms with Gasteiger partial charge in [0.2, 0.25) is 0 Å². The van der Waals surface area contributed by atoms with E-state index in [0.717, 1.165) is 5.56 Å². The third-order valence-electron chi connectivity index (χ3n) is 2.31. The highest BCUT2D eigenvalue weighted by molar-refractivity contribution is 5.85. The van der Waals surface area contributed by atoms with Crippen LogP contribution in [0.1, 0.15) is 5.56 Å². The number of carboxylic acid groups (broad SMARTS) is 1. The maximum Gasteiger partial charge on any atom is 0.411 e. The van der Waals surface area contributed by atoms with Gasteiger partial charge in [0, 0.05) is 5.69 Å². The molecular weight excluding hydrogens is 284 g/mol. The summed E-state index contributed by atoms with van der Waals surface area (Å²) >= 11 is 0. The number of ether oxygens (including phenoxy) is 1. The molecule has 0 saturated heterocycles. The van der Waals surface area contributed by atoms with E-state index in [1.165, 1.54) is 6.08 Å². The lowest BCUT2D eigenvalue weighted by Gasteiger charge is -2.08. The van der Waals surface area contributed by atoms with E-state index >= 15 is 0 Å². The van der Waals surface area contributed by atoms with Gasteiger partial charge in [0.1, 0.15) is 12.6 Å². The van der Waals surface area contributed by atoms with Gasteiger partial charge in [0.15, 0.2) is 0 Å². The van der Waals surface area contributed by atoms with Crippen LogP contribution in [0.5, 0.6) is 0 Å². The number of nitrogens with one attached hydrogen (secondary N) is 1. The first kappa shape index (κ1) is 17.9. The van der Waals surface area contributed by atoms with Crippen LogP contribution in [0, 0.1) is 0 Å². The van der Waals surface area contributed by atoms with Gasteiger partial charge >= 0.3 is 12.1 Å². The smallest absolute Gasteiger partial charge is 0.411 e. The lowest BCUT2D eigenvalue weighted by atomic mass is 10.1. The first-order chi connectivity index (χ1) is 9.02. The molecule has 0 spiro atoms. The first-order valence-corrected chi connectivity index (χ1v) is 5.65. The second kappa shape index (κ2) is 8.95. The number of hydrogen-bond donors (Lipinski definition) is 3. The van der Waals surface area contributed by atoms with E-state index in [-0.39, 0.29) is 25.4 Å². The highest BCUT2D eigenvalue weighted by atomic mass is 35.5. The van der Waals surface area contributed by atoms with Gasteiger partial charge < -0.3 is 15.6 Å². The Morgan fingerprint density at radius 2 is 2.00 bits per heavy atom. The number of anilines is 1. The molecule has 1 rings (SSSR count). The summed E-state index contributed by atoms with van der Waals surface area (Å²) < 4.78 is 4.76. The molecule has 1 amide bonds. The Hall–Kier alpha value is -2.05. The lowest BCUT2D eigenvalue weighted by molar-refractivity contribution is -0.138. The molecule has 4 N–H and O–H groups in total. The van der Waals surface area contributed by atoms with Crippen molar-refractivity contribution < 1.29 is 19.4 Å². The SMILES string of the molecule is C=CCOC(=O)Nc1ccc(C[C@H](N)C(=O)O)cc1.Cl. The topological polar surface area (TPSA) is 102 Å². The molecular formula is C13H17ClN2O4. The summed E-state index contributed by atoms with van der Waals surface area (Å²) in [5.74, 6) is -1.05. The molecule has 0 aliphatic rings. The Morgan fingerprint density at radius 3 is 2.50 bits per heavy atom. The second-order valence-electron chi connectivity index (χ2n) is 3.86. The maximum absolute atomic E-state index is 11.2. The van der Waals surface area contributed by atoms with Gasteiger partial charge in [-0.25, -0.2) is 4.79 Å². The van der Waals surface area contributed by atoms with Crippen molar-refractivity contribution in [1.82, 2.24) is 0 Å². The fourth-order valence-corrected chi connectivity index (χ4v) is 1.35. The number of aliphatic carboxylic acids is 1. The van der Waals surface area contributed by atoms with Crippen LogP contribution >= 0.6 is 12.4 Å². The Bertz CT molecular complexity index is 462. The molecule has 0 unspecified atom stereocenters. The van der Waals surface area contributed by atoms with Crippen LogP contribution in [0.2, 0.25) is 0 Å². The fourth-order valence-electron chi connectivity index (χ4n) is 1.35. The van der Waals surface area contributed by atoms with Crippen molar-refractivity contribution in [2.45, 2.75) is 12.5 Å². The van der Waals surface area contributed by atoms with Gasteiger partial charge in [0.25, 0.3) is 0 Å². The molecule has 0 fully saturated rings. The third kappa shape index (κ3) is 6.21. The molecule has 0 aliphatic carbocycles. The molecule has 0 bridgehead atoms. The van der Waals surface area contributed by atoms with Crippen molar-refractivity contribution in [1.29, 1.82) is 0 Å². The molecule has 0 radical (unpaired) electrons. The van der Waals surface area contributed by atoms with Gasteiger partial charge in [-0.05, 0) is 24.1 Å². The zero-order valence-electron chi connectivity index (χ0n) is 10.7. The Morgan fingerprint density at radius 1 is 1.40 bits per heavy atom. The number of carboxylic acids is 1. The predicted octanol–water partition coefficient (Wildman–Crippen LogP) is 1.80. The van der Waals surface area contributed by atoms with E-state index in [0.29, 0.717) is 5.69 Å². The van der Waals surface area contributed by atoms with E-state index in [2.05, 4.69) is 11.9 Å². The average Bonchev–Trinajstić information content (AvgIpc) is 2.38. The summed E-state index contributed by atoms with van der Waals surface area (Å²) in [6, 6.07) is 5.77. The lowest BCUT2D eigenvalue weighted by Crippen LogP contribution is -2.32. The number of amides is 1. The van der Waals surface area contributed by atoms with E-state index in [4.69, 9.17) is 15.6 Å². The number of hydrogen-bond acceptors (Lipinski definition) is 4. The van der Waals surface area contributed by atoms with E-state index in [1.807, 2.05) is 0 Å². The molecule has 6 nitrogen and oxygen atoms in total. The van der Waals surface area contributed by atoms with Crippen LogP contribution in [0.15, 0.2) is 36.9 Å². The molecule has 1 atom stereocenters. The average molecular weight is 301 g/mol. The van der Waals surface area contributed by atoms with Crippen molar-refractivity contribution in [3.63, 3.8) is 0 Å². The normalized spacial score (nSPS) is 10.8. The monoisotopic (exact) mass is 300 g/mol. The number of carbonyl (C=O) groups excluding carboxylic acids is 1. The van der Waals surface area contributed by atoms with Crippen LogP contribution in [0.3, 0.4) is 0 Å². The number of halogens is 1. The molecule has 0 heterocycles. The van der Waals surface area contributed by atoms with Gasteiger partial charge in [-0.3, -0.25) is 10.1 Å². The van der Waals surface area contributed by atoms with Gasteiger partial charge in [-0.1, -0.05) is 24.8 Å². The molecule has 0 saturated carbocycles. The van der Waals surface area contributed by atoms with Crippen LogP contribution in [0.4, 0.5) is 10.5 Å². The van der Waals surface area contributed by atoms with Crippen LogP contribution < -0.4 is 11.1 Å². The maximum atomic E-state index is 11.2. The van der Waals surface area contributed by atoms with Crippen molar-refractivity contribution in [2.24, 2.45) is 5.73 Å². The van der Waals surface area contributed by atoms with E-state index in [1.54, 1.807) is 24.3 Å². The highest BCUT2D eigenvalue weighted by Crippen LogP contribution is 2.11. The number of carbonyl (C=O) groups is 2. The van der Waals surface area contributed by atoms with E-state index < -0.39 is 18.1 Å². The van der Waals surface area contributed by atoms with Crippen molar-refractivity contribution in [3.8, 4) is 0 Å². The standard InChI is InChI=1S/C13H16N2O4.ClH/c1-2-7-19-13(18)15-10-5-3-9(4-6-10)8-11(14)12(16)17;/h2-6,11H,1,7-8,14H2,(H,15,18)(H,16,17);1H/t11-;/m0./s1. The van der Waals surface area contributed by atoms with Crippen molar-refractivity contribution in [3.05, 3.63) is 42.5 Å². The molecule has 1 aromatic carbocycles. The summed E-state index contributed by atoms with van der Waals surface area (Å²) in [4.78, 5) is 21.9.